The van der Waals surface area contributed by atoms with Crippen molar-refractivity contribution in [2.45, 2.75) is 6.92 Å². The average Bonchev–Trinajstić information content (AvgIpc) is 2.41. The first kappa shape index (κ1) is 13.7. The van der Waals surface area contributed by atoms with E-state index < -0.39 is 11.7 Å². The summed E-state index contributed by atoms with van der Waals surface area (Å²) in [4.78, 5) is 23.2. The number of phenols is 1. The Hall–Kier alpha value is -2.69. The molecule has 5 heteroatoms. The van der Waals surface area contributed by atoms with Gasteiger partial charge in [-0.2, -0.15) is 0 Å². The minimum Gasteiger partial charge on any atom is -0.507 e. The van der Waals surface area contributed by atoms with Crippen molar-refractivity contribution in [3.05, 3.63) is 59.4 Å². The molecule has 0 bridgehead atoms. The number of halogens is 1. The van der Waals surface area contributed by atoms with Crippen LogP contribution in [0.15, 0.2) is 42.5 Å². The van der Waals surface area contributed by atoms with Gasteiger partial charge in [0.05, 0.1) is 5.56 Å². The molecule has 1 amide bonds. The Labute approximate surface area is 114 Å². The van der Waals surface area contributed by atoms with Crippen molar-refractivity contribution >= 4 is 17.4 Å². The Morgan fingerprint density at radius 3 is 2.60 bits per heavy atom. The van der Waals surface area contributed by atoms with E-state index in [-0.39, 0.29) is 17.1 Å². The lowest BCUT2D eigenvalue weighted by Gasteiger charge is -2.08. The molecule has 0 aromatic heterocycles. The maximum atomic E-state index is 13.1. The summed E-state index contributed by atoms with van der Waals surface area (Å²) in [7, 11) is 0. The van der Waals surface area contributed by atoms with Crippen LogP contribution in [0.1, 0.15) is 27.6 Å². The maximum Gasteiger partial charge on any atom is 0.259 e. The summed E-state index contributed by atoms with van der Waals surface area (Å²) in [6.45, 7) is 1.42. The predicted octanol–water partition coefficient (Wildman–Crippen LogP) is 2.99. The van der Waals surface area contributed by atoms with Crippen LogP contribution in [0, 0.1) is 5.82 Å². The number of rotatable bonds is 3. The lowest BCUT2D eigenvalue weighted by Crippen LogP contribution is -2.12. The Balaban J connectivity index is 2.25. The summed E-state index contributed by atoms with van der Waals surface area (Å²) < 4.78 is 13.1. The number of Topliss-reactive ketones (excluding diaryl/α,β-unsaturated/α-hetero) is 1. The smallest absolute Gasteiger partial charge is 0.259 e. The molecule has 0 aliphatic carbocycles. The second-order valence-corrected chi connectivity index (χ2v) is 4.25. The summed E-state index contributed by atoms with van der Waals surface area (Å²) in [6.07, 6.45) is 0. The van der Waals surface area contributed by atoms with Crippen molar-refractivity contribution in [2.75, 3.05) is 5.32 Å². The van der Waals surface area contributed by atoms with Crippen LogP contribution in [0.5, 0.6) is 5.75 Å². The Morgan fingerprint density at radius 1 is 1.15 bits per heavy atom. The molecule has 2 aromatic carbocycles. The van der Waals surface area contributed by atoms with Gasteiger partial charge in [-0.15, -0.1) is 0 Å². The predicted molar refractivity (Wildman–Crippen MR) is 72.5 cm³/mol. The average molecular weight is 273 g/mol. The monoisotopic (exact) mass is 273 g/mol. The molecule has 0 aliphatic rings. The molecule has 0 aliphatic heterocycles. The van der Waals surface area contributed by atoms with Gasteiger partial charge in [0.2, 0.25) is 0 Å². The highest BCUT2D eigenvalue weighted by molar-refractivity contribution is 6.06. The zero-order valence-electron chi connectivity index (χ0n) is 10.7. The number of phenolic OH excluding ortho intramolecular Hbond substituents is 1. The molecule has 2 N–H and O–H groups in total. The van der Waals surface area contributed by atoms with Gasteiger partial charge in [-0.05, 0) is 37.3 Å². The fourth-order valence-corrected chi connectivity index (χ4v) is 1.70. The van der Waals surface area contributed by atoms with E-state index in [1.165, 1.54) is 13.0 Å². The number of ketones is 1. The molecule has 0 fully saturated rings. The first-order chi connectivity index (χ1) is 9.47. The van der Waals surface area contributed by atoms with E-state index in [2.05, 4.69) is 5.32 Å². The van der Waals surface area contributed by atoms with Crippen LogP contribution in [0.4, 0.5) is 10.1 Å². The molecule has 0 heterocycles. The van der Waals surface area contributed by atoms with Crippen LogP contribution in [0.3, 0.4) is 0 Å². The first-order valence-corrected chi connectivity index (χ1v) is 5.88. The van der Waals surface area contributed by atoms with Gasteiger partial charge < -0.3 is 10.4 Å². The third kappa shape index (κ3) is 3.00. The number of anilines is 1. The van der Waals surface area contributed by atoms with Gasteiger partial charge in [-0.1, -0.05) is 12.1 Å². The molecular formula is C15H12FNO3. The van der Waals surface area contributed by atoms with Gasteiger partial charge >= 0.3 is 0 Å². The highest BCUT2D eigenvalue weighted by Crippen LogP contribution is 2.20. The molecule has 4 nitrogen and oxygen atoms in total. The third-order valence-corrected chi connectivity index (χ3v) is 2.73. The number of hydrogen-bond acceptors (Lipinski definition) is 3. The molecule has 20 heavy (non-hydrogen) atoms. The van der Waals surface area contributed by atoms with Gasteiger partial charge in [0.15, 0.2) is 5.78 Å². The van der Waals surface area contributed by atoms with E-state index in [4.69, 9.17) is 0 Å². The highest BCUT2D eigenvalue weighted by atomic mass is 19.1. The van der Waals surface area contributed by atoms with E-state index >= 15 is 0 Å². The number of amides is 1. The molecule has 2 aromatic rings. The molecule has 2 rings (SSSR count). The molecule has 0 unspecified atom stereocenters. The number of nitrogens with one attached hydrogen (secondary N) is 1. The van der Waals surface area contributed by atoms with E-state index in [1.54, 1.807) is 18.2 Å². The van der Waals surface area contributed by atoms with Crippen LogP contribution in [-0.4, -0.2) is 16.8 Å². The van der Waals surface area contributed by atoms with Crippen LogP contribution in [0.25, 0.3) is 0 Å². The minimum atomic E-state index is -0.650. The van der Waals surface area contributed by atoms with Crippen molar-refractivity contribution in [1.29, 1.82) is 0 Å². The van der Waals surface area contributed by atoms with Crippen LogP contribution < -0.4 is 5.32 Å². The van der Waals surface area contributed by atoms with E-state index in [9.17, 15) is 19.1 Å². The van der Waals surface area contributed by atoms with Crippen molar-refractivity contribution in [1.82, 2.24) is 0 Å². The van der Waals surface area contributed by atoms with E-state index in [0.29, 0.717) is 11.3 Å². The standard InChI is InChI=1S/C15H12FNO3/c1-9(18)10-3-2-4-12(7-10)17-15(20)13-8-11(16)5-6-14(13)19/h2-8,19H,1H3,(H,17,20). The Bertz CT molecular complexity index is 683. The lowest BCUT2D eigenvalue weighted by molar-refractivity contribution is 0.101. The van der Waals surface area contributed by atoms with Crippen molar-refractivity contribution in [3.8, 4) is 5.75 Å². The molecular weight excluding hydrogens is 261 g/mol. The highest BCUT2D eigenvalue weighted by Gasteiger charge is 2.13. The topological polar surface area (TPSA) is 66.4 Å². The third-order valence-electron chi connectivity index (χ3n) is 2.73. The molecule has 0 atom stereocenters. The second-order valence-electron chi connectivity index (χ2n) is 4.25. The quantitative estimate of drug-likeness (QED) is 0.845. The molecule has 0 radical (unpaired) electrons. The number of carbonyl (C=O) groups is 2. The van der Waals surface area contributed by atoms with Crippen molar-refractivity contribution in [2.24, 2.45) is 0 Å². The number of aromatic hydroxyl groups is 1. The zero-order valence-corrected chi connectivity index (χ0v) is 10.7. The summed E-state index contributed by atoms with van der Waals surface area (Å²) in [5.41, 5.74) is 0.677. The first-order valence-electron chi connectivity index (χ1n) is 5.88. The zero-order chi connectivity index (χ0) is 14.7. The van der Waals surface area contributed by atoms with Gasteiger partial charge in [0, 0.05) is 11.3 Å². The molecule has 0 saturated carbocycles. The largest absolute Gasteiger partial charge is 0.507 e. The molecule has 0 spiro atoms. The Kier molecular flexibility index (Phi) is 3.79. The van der Waals surface area contributed by atoms with Gasteiger partial charge in [-0.25, -0.2) is 4.39 Å². The SMILES string of the molecule is CC(=O)c1cccc(NC(=O)c2cc(F)ccc2O)c1. The Morgan fingerprint density at radius 2 is 1.90 bits per heavy atom. The van der Waals surface area contributed by atoms with E-state index in [1.807, 2.05) is 0 Å². The summed E-state index contributed by atoms with van der Waals surface area (Å²) in [6, 6.07) is 9.46. The number of carbonyl (C=O) groups excluding carboxylic acids is 2. The minimum absolute atomic E-state index is 0.130. The number of benzene rings is 2. The van der Waals surface area contributed by atoms with Crippen LogP contribution >= 0.6 is 0 Å². The molecule has 102 valence electrons. The van der Waals surface area contributed by atoms with Gasteiger partial charge in [0.1, 0.15) is 11.6 Å². The van der Waals surface area contributed by atoms with Crippen LogP contribution in [-0.2, 0) is 0 Å². The van der Waals surface area contributed by atoms with Crippen molar-refractivity contribution in [3.63, 3.8) is 0 Å². The van der Waals surface area contributed by atoms with Crippen molar-refractivity contribution < 1.29 is 19.1 Å². The lowest BCUT2D eigenvalue weighted by atomic mass is 10.1. The normalized spacial score (nSPS) is 10.1. The fourth-order valence-electron chi connectivity index (χ4n) is 1.70. The van der Waals surface area contributed by atoms with Gasteiger partial charge in [0.25, 0.3) is 5.91 Å². The summed E-state index contributed by atoms with van der Waals surface area (Å²) in [5.74, 6) is -1.71. The van der Waals surface area contributed by atoms with E-state index in [0.717, 1.165) is 18.2 Å². The van der Waals surface area contributed by atoms with Gasteiger partial charge in [-0.3, -0.25) is 9.59 Å². The second kappa shape index (κ2) is 5.52. The summed E-state index contributed by atoms with van der Waals surface area (Å²) in [5, 5.41) is 12.0. The maximum absolute atomic E-state index is 13.1. The number of hydrogen-bond donors (Lipinski definition) is 2. The van der Waals surface area contributed by atoms with Crippen LogP contribution in [0.2, 0.25) is 0 Å². The fraction of sp³-hybridized carbons (Fsp3) is 0.0667. The molecule has 0 saturated heterocycles. The summed E-state index contributed by atoms with van der Waals surface area (Å²) >= 11 is 0.